The van der Waals surface area contributed by atoms with E-state index in [0.717, 1.165) is 13.1 Å². The van der Waals surface area contributed by atoms with Crippen LogP contribution in [0.5, 0.6) is 0 Å². The van der Waals surface area contributed by atoms with E-state index in [0.29, 0.717) is 18.7 Å². The van der Waals surface area contributed by atoms with Gasteiger partial charge in [-0.15, -0.1) is 0 Å². The Morgan fingerprint density at radius 3 is 2.60 bits per heavy atom. The molecule has 15 heavy (non-hydrogen) atoms. The molecule has 1 atom stereocenters. The Morgan fingerprint density at radius 1 is 1.33 bits per heavy atom. The van der Waals surface area contributed by atoms with E-state index in [1.807, 2.05) is 0 Å². The Hall–Kier alpha value is -0.940. The summed E-state index contributed by atoms with van der Waals surface area (Å²) in [5, 5.41) is 3.14. The number of rotatable bonds is 3. The maximum absolute atomic E-state index is 12.9. The Kier molecular flexibility index (Phi) is 3.33. The number of hydrogen-bond acceptors (Lipinski definition) is 3. The minimum absolute atomic E-state index is 0.562. The average molecular weight is 216 g/mol. The van der Waals surface area contributed by atoms with Crippen molar-refractivity contribution in [3.8, 4) is 0 Å². The van der Waals surface area contributed by atoms with Crippen molar-refractivity contribution in [1.82, 2.24) is 10.2 Å². The van der Waals surface area contributed by atoms with Gasteiger partial charge in [-0.3, -0.25) is 4.90 Å². The standard InChI is InChI=1S/C10H14F2N2O/c11-10(12)9(8-1-6-15-7-8)14-4-2-13-3-5-14/h1,6-7,9-10,13H,2-5H2/t9-/m0/s1. The lowest BCUT2D eigenvalue weighted by atomic mass is 10.1. The molecule has 1 aliphatic heterocycles. The third-order valence-corrected chi connectivity index (χ3v) is 2.67. The highest BCUT2D eigenvalue weighted by Gasteiger charge is 2.30. The number of alkyl halides is 2. The number of halogens is 2. The van der Waals surface area contributed by atoms with Gasteiger partial charge in [0.2, 0.25) is 0 Å². The Labute approximate surface area is 87.1 Å². The first-order valence-corrected chi connectivity index (χ1v) is 5.04. The molecule has 0 aliphatic carbocycles. The third kappa shape index (κ3) is 2.35. The van der Waals surface area contributed by atoms with Crippen LogP contribution in [0.4, 0.5) is 8.78 Å². The molecule has 1 N–H and O–H groups in total. The van der Waals surface area contributed by atoms with Gasteiger partial charge in [0.15, 0.2) is 0 Å². The molecule has 0 radical (unpaired) electrons. The summed E-state index contributed by atoms with van der Waals surface area (Å²) in [4.78, 5) is 1.80. The van der Waals surface area contributed by atoms with Crippen LogP contribution in [-0.4, -0.2) is 37.5 Å². The first kappa shape index (κ1) is 10.6. The van der Waals surface area contributed by atoms with E-state index in [1.54, 1.807) is 11.0 Å². The fraction of sp³-hybridized carbons (Fsp3) is 0.600. The maximum Gasteiger partial charge on any atom is 0.258 e. The van der Waals surface area contributed by atoms with E-state index in [2.05, 4.69) is 5.32 Å². The predicted molar refractivity (Wildman–Crippen MR) is 51.9 cm³/mol. The molecule has 0 unspecified atom stereocenters. The molecule has 0 spiro atoms. The Bertz CT molecular complexity index is 284. The molecule has 0 saturated carbocycles. The zero-order valence-corrected chi connectivity index (χ0v) is 8.33. The van der Waals surface area contributed by atoms with Crippen molar-refractivity contribution in [2.45, 2.75) is 12.5 Å². The summed E-state index contributed by atoms with van der Waals surface area (Å²) in [5.74, 6) is 0. The van der Waals surface area contributed by atoms with Crippen LogP contribution in [0.25, 0.3) is 0 Å². The smallest absolute Gasteiger partial charge is 0.258 e. The first-order valence-electron chi connectivity index (χ1n) is 5.04. The van der Waals surface area contributed by atoms with Gasteiger partial charge >= 0.3 is 0 Å². The maximum atomic E-state index is 12.9. The monoisotopic (exact) mass is 216 g/mol. The quantitative estimate of drug-likeness (QED) is 0.829. The van der Waals surface area contributed by atoms with Crippen LogP contribution >= 0.6 is 0 Å². The van der Waals surface area contributed by atoms with Gasteiger partial charge < -0.3 is 9.73 Å². The predicted octanol–water partition coefficient (Wildman–Crippen LogP) is 1.49. The molecule has 1 aromatic rings. The van der Waals surface area contributed by atoms with Crippen molar-refractivity contribution in [1.29, 1.82) is 0 Å². The van der Waals surface area contributed by atoms with Gasteiger partial charge in [-0.25, -0.2) is 8.78 Å². The molecule has 1 aromatic heterocycles. The highest BCUT2D eigenvalue weighted by Crippen LogP contribution is 2.27. The highest BCUT2D eigenvalue weighted by atomic mass is 19.3. The Balaban J connectivity index is 2.12. The second-order valence-electron chi connectivity index (χ2n) is 3.62. The van der Waals surface area contributed by atoms with Gasteiger partial charge in [0.05, 0.1) is 18.6 Å². The fourth-order valence-corrected chi connectivity index (χ4v) is 1.92. The molecular formula is C10H14F2N2O. The van der Waals surface area contributed by atoms with E-state index in [4.69, 9.17) is 4.42 Å². The summed E-state index contributed by atoms with van der Waals surface area (Å²) >= 11 is 0. The Morgan fingerprint density at radius 2 is 2.07 bits per heavy atom. The number of hydrogen-bond donors (Lipinski definition) is 1. The molecule has 1 saturated heterocycles. The fourth-order valence-electron chi connectivity index (χ4n) is 1.92. The van der Waals surface area contributed by atoms with Gasteiger partial charge in [0.1, 0.15) is 0 Å². The molecule has 84 valence electrons. The van der Waals surface area contributed by atoms with Crippen molar-refractivity contribution in [3.63, 3.8) is 0 Å². The van der Waals surface area contributed by atoms with Gasteiger partial charge in [0, 0.05) is 31.7 Å². The molecule has 2 rings (SSSR count). The molecule has 0 aromatic carbocycles. The summed E-state index contributed by atoms with van der Waals surface area (Å²) in [5.41, 5.74) is 0.562. The summed E-state index contributed by atoms with van der Waals surface area (Å²) in [6.07, 6.45) is 0.465. The number of piperazine rings is 1. The van der Waals surface area contributed by atoms with Crippen molar-refractivity contribution >= 4 is 0 Å². The minimum atomic E-state index is -2.37. The number of furan rings is 1. The van der Waals surface area contributed by atoms with Gasteiger partial charge in [-0.05, 0) is 6.07 Å². The summed E-state index contributed by atoms with van der Waals surface area (Å²) in [7, 11) is 0. The van der Waals surface area contributed by atoms with Crippen LogP contribution in [0.2, 0.25) is 0 Å². The normalized spacial score (nSPS) is 20.7. The van der Waals surface area contributed by atoms with Crippen LogP contribution in [0.1, 0.15) is 11.6 Å². The van der Waals surface area contributed by atoms with Crippen LogP contribution in [0.3, 0.4) is 0 Å². The van der Waals surface area contributed by atoms with E-state index < -0.39 is 12.5 Å². The SMILES string of the molecule is FC(F)[C@H](c1ccoc1)N1CCNCC1. The van der Waals surface area contributed by atoms with Crippen molar-refractivity contribution in [2.75, 3.05) is 26.2 Å². The second kappa shape index (κ2) is 4.72. The second-order valence-corrected chi connectivity index (χ2v) is 3.62. The van der Waals surface area contributed by atoms with Gasteiger partial charge in [-0.1, -0.05) is 0 Å². The zero-order valence-electron chi connectivity index (χ0n) is 8.33. The lowest BCUT2D eigenvalue weighted by Crippen LogP contribution is -2.46. The molecule has 3 nitrogen and oxygen atoms in total. The van der Waals surface area contributed by atoms with E-state index in [-0.39, 0.29) is 0 Å². The molecule has 1 fully saturated rings. The van der Waals surface area contributed by atoms with Crippen LogP contribution in [0, 0.1) is 0 Å². The minimum Gasteiger partial charge on any atom is -0.472 e. The molecule has 0 bridgehead atoms. The first-order chi connectivity index (χ1) is 7.29. The van der Waals surface area contributed by atoms with Gasteiger partial charge in [-0.2, -0.15) is 0 Å². The molecular weight excluding hydrogens is 202 g/mol. The summed E-state index contributed by atoms with van der Waals surface area (Å²) < 4.78 is 30.7. The van der Waals surface area contributed by atoms with Crippen molar-refractivity contribution in [2.24, 2.45) is 0 Å². The average Bonchev–Trinajstić information content (AvgIpc) is 2.72. The van der Waals surface area contributed by atoms with Crippen LogP contribution < -0.4 is 5.32 Å². The highest BCUT2D eigenvalue weighted by molar-refractivity contribution is 5.13. The third-order valence-electron chi connectivity index (χ3n) is 2.67. The van der Waals surface area contributed by atoms with E-state index >= 15 is 0 Å². The number of nitrogens with zero attached hydrogens (tertiary/aromatic N) is 1. The number of nitrogens with one attached hydrogen (secondary N) is 1. The topological polar surface area (TPSA) is 28.4 Å². The summed E-state index contributed by atoms with van der Waals surface area (Å²) in [6, 6.07) is 0.782. The van der Waals surface area contributed by atoms with Crippen molar-refractivity contribution < 1.29 is 13.2 Å². The van der Waals surface area contributed by atoms with Gasteiger partial charge in [0.25, 0.3) is 6.43 Å². The molecule has 1 aliphatic rings. The lowest BCUT2D eigenvalue weighted by Gasteiger charge is -2.33. The molecule has 2 heterocycles. The van der Waals surface area contributed by atoms with Crippen LogP contribution in [-0.2, 0) is 0 Å². The molecule has 5 heteroatoms. The van der Waals surface area contributed by atoms with Crippen LogP contribution in [0.15, 0.2) is 23.0 Å². The summed E-state index contributed by atoms with van der Waals surface area (Å²) in [6.45, 7) is 2.84. The van der Waals surface area contributed by atoms with E-state index in [1.165, 1.54) is 12.5 Å². The lowest BCUT2D eigenvalue weighted by molar-refractivity contribution is 0.0179. The van der Waals surface area contributed by atoms with Crippen molar-refractivity contribution in [3.05, 3.63) is 24.2 Å². The largest absolute Gasteiger partial charge is 0.472 e. The molecule has 0 amide bonds. The van der Waals surface area contributed by atoms with E-state index in [9.17, 15) is 8.78 Å². The zero-order chi connectivity index (χ0) is 10.7.